The van der Waals surface area contributed by atoms with Crippen LogP contribution in [0.3, 0.4) is 0 Å². The second-order valence-electron chi connectivity index (χ2n) is 3.37. The number of ketones is 1. The van der Waals surface area contributed by atoms with E-state index in [1.165, 1.54) is 5.56 Å². The summed E-state index contributed by atoms with van der Waals surface area (Å²) in [7, 11) is 0. The summed E-state index contributed by atoms with van der Waals surface area (Å²) in [5.41, 5.74) is 6.43. The summed E-state index contributed by atoms with van der Waals surface area (Å²) in [4.78, 5) is 11.3. The largest absolute Gasteiger partial charge is 0.372 e. The minimum absolute atomic E-state index is 0.132. The molecule has 0 radical (unpaired) electrons. The summed E-state index contributed by atoms with van der Waals surface area (Å²) >= 11 is 0. The lowest BCUT2D eigenvalue weighted by Crippen LogP contribution is -2.14. The first-order valence-electron chi connectivity index (χ1n) is 5.16. The molecule has 82 valence electrons. The molecule has 0 aromatic heterocycles. The van der Waals surface area contributed by atoms with Crippen LogP contribution in [-0.2, 0) is 16.0 Å². The number of nitrogens with two attached hydrogens (primary N) is 1. The third-order valence-electron chi connectivity index (χ3n) is 2.06. The number of Topliss-reactive ketones (excluding diaryl/α,β-unsaturated/α-hetero) is 1. The van der Waals surface area contributed by atoms with Crippen molar-refractivity contribution in [2.75, 3.05) is 19.8 Å². The number of carbonyl (C=O) groups is 1. The minimum Gasteiger partial charge on any atom is -0.372 e. The predicted molar refractivity (Wildman–Crippen MR) is 59.6 cm³/mol. The van der Waals surface area contributed by atoms with E-state index in [0.29, 0.717) is 19.6 Å². The molecule has 0 fully saturated rings. The molecule has 0 spiro atoms. The van der Waals surface area contributed by atoms with Gasteiger partial charge in [-0.25, -0.2) is 0 Å². The third kappa shape index (κ3) is 5.30. The lowest BCUT2D eigenvalue weighted by atomic mass is 10.1. The van der Waals surface area contributed by atoms with Crippen LogP contribution >= 0.6 is 0 Å². The molecule has 15 heavy (non-hydrogen) atoms. The number of aryl methyl sites for hydroxylation is 1. The van der Waals surface area contributed by atoms with Crippen LogP contribution in [0.15, 0.2) is 30.3 Å². The van der Waals surface area contributed by atoms with Gasteiger partial charge in [-0.1, -0.05) is 30.3 Å². The van der Waals surface area contributed by atoms with Gasteiger partial charge < -0.3 is 10.5 Å². The molecule has 0 heterocycles. The number of ether oxygens (including phenoxy) is 1. The van der Waals surface area contributed by atoms with E-state index in [2.05, 4.69) is 0 Å². The van der Waals surface area contributed by atoms with Crippen LogP contribution in [0.25, 0.3) is 0 Å². The molecule has 0 atom stereocenters. The lowest BCUT2D eigenvalue weighted by Gasteiger charge is -2.02. The fourth-order valence-electron chi connectivity index (χ4n) is 1.27. The Morgan fingerprint density at radius 2 is 2.00 bits per heavy atom. The zero-order valence-corrected chi connectivity index (χ0v) is 8.82. The highest BCUT2D eigenvalue weighted by Gasteiger charge is 2.02. The second kappa shape index (κ2) is 7.15. The van der Waals surface area contributed by atoms with E-state index in [-0.39, 0.29) is 12.4 Å². The standard InChI is InChI=1S/C12H17NO2/c13-8-9-15-10-12(14)7-6-11-4-2-1-3-5-11/h1-5H,6-10,13H2. The fourth-order valence-corrected chi connectivity index (χ4v) is 1.27. The summed E-state index contributed by atoms with van der Waals surface area (Å²) in [6.07, 6.45) is 1.32. The molecule has 3 heteroatoms. The van der Waals surface area contributed by atoms with Crippen LogP contribution < -0.4 is 5.73 Å². The normalized spacial score (nSPS) is 10.2. The van der Waals surface area contributed by atoms with Crippen LogP contribution in [0.1, 0.15) is 12.0 Å². The van der Waals surface area contributed by atoms with Gasteiger partial charge in [0.15, 0.2) is 5.78 Å². The van der Waals surface area contributed by atoms with E-state index in [9.17, 15) is 4.79 Å². The Kier molecular flexibility index (Phi) is 5.66. The Balaban J connectivity index is 2.17. The van der Waals surface area contributed by atoms with Crippen molar-refractivity contribution in [3.63, 3.8) is 0 Å². The van der Waals surface area contributed by atoms with Crippen molar-refractivity contribution in [3.05, 3.63) is 35.9 Å². The maximum absolute atomic E-state index is 11.3. The topological polar surface area (TPSA) is 52.3 Å². The average Bonchev–Trinajstić information content (AvgIpc) is 2.28. The first-order valence-corrected chi connectivity index (χ1v) is 5.16. The van der Waals surface area contributed by atoms with E-state index in [0.717, 1.165) is 6.42 Å². The highest BCUT2D eigenvalue weighted by Crippen LogP contribution is 2.02. The van der Waals surface area contributed by atoms with Crippen LogP contribution in [0, 0.1) is 0 Å². The van der Waals surface area contributed by atoms with Crippen molar-refractivity contribution in [3.8, 4) is 0 Å². The van der Waals surface area contributed by atoms with Crippen molar-refractivity contribution in [1.82, 2.24) is 0 Å². The van der Waals surface area contributed by atoms with Gasteiger partial charge in [0.2, 0.25) is 0 Å². The van der Waals surface area contributed by atoms with Crippen molar-refractivity contribution in [2.24, 2.45) is 5.73 Å². The van der Waals surface area contributed by atoms with E-state index < -0.39 is 0 Å². The maximum atomic E-state index is 11.3. The van der Waals surface area contributed by atoms with Gasteiger partial charge in [0.25, 0.3) is 0 Å². The molecule has 0 aliphatic rings. The molecule has 3 nitrogen and oxygen atoms in total. The zero-order valence-electron chi connectivity index (χ0n) is 8.82. The minimum atomic E-state index is 0.132. The summed E-state index contributed by atoms with van der Waals surface area (Å²) in [5, 5.41) is 0. The molecule has 1 aromatic rings. The van der Waals surface area contributed by atoms with Gasteiger partial charge in [-0.3, -0.25) is 4.79 Å². The van der Waals surface area contributed by atoms with Gasteiger partial charge in [0.05, 0.1) is 6.61 Å². The molecule has 1 rings (SSSR count). The molecule has 0 saturated carbocycles. The summed E-state index contributed by atoms with van der Waals surface area (Å²) in [6.45, 7) is 1.10. The molecule has 2 N–H and O–H groups in total. The first kappa shape index (κ1) is 11.9. The van der Waals surface area contributed by atoms with Gasteiger partial charge in [0, 0.05) is 13.0 Å². The Labute approximate surface area is 90.2 Å². The van der Waals surface area contributed by atoms with E-state index >= 15 is 0 Å². The smallest absolute Gasteiger partial charge is 0.158 e. The van der Waals surface area contributed by atoms with Gasteiger partial charge in [-0.15, -0.1) is 0 Å². The fraction of sp³-hybridized carbons (Fsp3) is 0.417. The molecule has 0 saturated heterocycles. The van der Waals surface area contributed by atoms with Gasteiger partial charge in [-0.2, -0.15) is 0 Å². The van der Waals surface area contributed by atoms with Crippen molar-refractivity contribution < 1.29 is 9.53 Å². The molecule has 0 unspecified atom stereocenters. The van der Waals surface area contributed by atoms with Gasteiger partial charge in [0.1, 0.15) is 6.61 Å². The molecule has 0 bridgehead atoms. The lowest BCUT2D eigenvalue weighted by molar-refractivity contribution is -0.123. The molecular weight excluding hydrogens is 190 g/mol. The van der Waals surface area contributed by atoms with Crippen LogP contribution in [-0.4, -0.2) is 25.5 Å². The Morgan fingerprint density at radius 3 is 2.67 bits per heavy atom. The van der Waals surface area contributed by atoms with E-state index in [1.807, 2.05) is 30.3 Å². The van der Waals surface area contributed by atoms with Crippen molar-refractivity contribution in [2.45, 2.75) is 12.8 Å². The number of hydrogen-bond donors (Lipinski definition) is 1. The molecule has 0 aliphatic carbocycles. The quantitative estimate of drug-likeness (QED) is 0.683. The highest BCUT2D eigenvalue weighted by molar-refractivity contribution is 5.79. The van der Waals surface area contributed by atoms with Crippen molar-refractivity contribution >= 4 is 5.78 Å². The Bertz CT molecular complexity index is 285. The van der Waals surface area contributed by atoms with Crippen molar-refractivity contribution in [1.29, 1.82) is 0 Å². The summed E-state index contributed by atoms with van der Waals surface area (Å²) < 4.78 is 5.06. The maximum Gasteiger partial charge on any atom is 0.158 e. The summed E-state index contributed by atoms with van der Waals surface area (Å²) in [5.74, 6) is 0.132. The predicted octanol–water partition coefficient (Wildman–Crippen LogP) is 1.16. The van der Waals surface area contributed by atoms with Gasteiger partial charge in [-0.05, 0) is 12.0 Å². The molecular formula is C12H17NO2. The number of hydrogen-bond acceptors (Lipinski definition) is 3. The monoisotopic (exact) mass is 207 g/mol. The van der Waals surface area contributed by atoms with E-state index in [4.69, 9.17) is 10.5 Å². The molecule has 0 amide bonds. The number of carbonyl (C=O) groups excluding carboxylic acids is 1. The van der Waals surface area contributed by atoms with Gasteiger partial charge >= 0.3 is 0 Å². The van der Waals surface area contributed by atoms with Crippen LogP contribution in [0.2, 0.25) is 0 Å². The SMILES string of the molecule is NCCOCC(=O)CCc1ccccc1. The van der Waals surface area contributed by atoms with Crippen LogP contribution in [0.4, 0.5) is 0 Å². The Hall–Kier alpha value is -1.19. The summed E-state index contributed by atoms with van der Waals surface area (Å²) in [6, 6.07) is 9.97. The Morgan fingerprint density at radius 1 is 1.27 bits per heavy atom. The average molecular weight is 207 g/mol. The van der Waals surface area contributed by atoms with Crippen LogP contribution in [0.5, 0.6) is 0 Å². The molecule has 1 aromatic carbocycles. The first-order chi connectivity index (χ1) is 7.33. The zero-order chi connectivity index (χ0) is 10.9. The second-order valence-corrected chi connectivity index (χ2v) is 3.37. The molecule has 0 aliphatic heterocycles. The third-order valence-corrected chi connectivity index (χ3v) is 2.06. The highest BCUT2D eigenvalue weighted by atomic mass is 16.5. The number of benzene rings is 1. The number of rotatable bonds is 7. The van der Waals surface area contributed by atoms with E-state index in [1.54, 1.807) is 0 Å².